The molecule has 1 aliphatic heterocycles. The molecular formula is C24H25ClN2O4S. The smallest absolute Gasteiger partial charge is 0.290 e. The van der Waals surface area contributed by atoms with Crippen LogP contribution < -0.4 is 4.74 Å². The minimum Gasteiger partial charge on any atom is -0.491 e. The maximum absolute atomic E-state index is 13.4. The first kappa shape index (κ1) is 22.4. The lowest BCUT2D eigenvalue weighted by Crippen LogP contribution is -2.49. The van der Waals surface area contributed by atoms with Gasteiger partial charge in [0.2, 0.25) is 5.91 Å². The third-order valence-corrected chi connectivity index (χ3v) is 6.81. The molecule has 2 amide bonds. The molecule has 168 valence electrons. The molecule has 0 saturated heterocycles. The molecule has 0 aliphatic carbocycles. The van der Waals surface area contributed by atoms with Crippen LogP contribution in [0.15, 0.2) is 58.5 Å². The number of carbonyl (C=O) groups excluding carboxylic acids is 2. The molecule has 1 atom stereocenters. The summed E-state index contributed by atoms with van der Waals surface area (Å²) in [4.78, 5) is 30.9. The number of halogens is 1. The van der Waals surface area contributed by atoms with Gasteiger partial charge in [0.1, 0.15) is 18.9 Å². The second kappa shape index (κ2) is 9.79. The van der Waals surface area contributed by atoms with Crippen LogP contribution in [0.4, 0.5) is 0 Å². The maximum atomic E-state index is 13.4. The molecule has 3 heterocycles. The van der Waals surface area contributed by atoms with Crippen molar-refractivity contribution in [1.82, 2.24) is 9.80 Å². The van der Waals surface area contributed by atoms with Crippen LogP contribution in [-0.2, 0) is 11.2 Å². The summed E-state index contributed by atoms with van der Waals surface area (Å²) in [5.74, 6) is 0.523. The first-order valence-corrected chi connectivity index (χ1v) is 11.8. The largest absolute Gasteiger partial charge is 0.491 e. The quantitative estimate of drug-likeness (QED) is 0.482. The molecule has 6 nitrogen and oxygen atoms in total. The second-order valence-corrected chi connectivity index (χ2v) is 9.36. The Morgan fingerprint density at radius 1 is 1.25 bits per heavy atom. The van der Waals surface area contributed by atoms with Crippen molar-refractivity contribution < 1.29 is 18.7 Å². The highest BCUT2D eigenvalue weighted by Crippen LogP contribution is 2.34. The third-order valence-electron chi connectivity index (χ3n) is 5.56. The molecule has 0 unspecified atom stereocenters. The lowest BCUT2D eigenvalue weighted by atomic mass is 10.00. The van der Waals surface area contributed by atoms with E-state index in [1.54, 1.807) is 40.5 Å². The predicted molar refractivity (Wildman–Crippen MR) is 124 cm³/mol. The lowest BCUT2D eigenvalue weighted by Gasteiger charge is -2.37. The zero-order valence-electron chi connectivity index (χ0n) is 18.0. The van der Waals surface area contributed by atoms with E-state index < -0.39 is 0 Å². The summed E-state index contributed by atoms with van der Waals surface area (Å²) >= 11 is 7.67. The Morgan fingerprint density at radius 2 is 2.03 bits per heavy atom. The molecule has 1 aromatic carbocycles. The van der Waals surface area contributed by atoms with Crippen molar-refractivity contribution in [3.8, 4) is 5.75 Å². The number of rotatable bonds is 7. The zero-order chi connectivity index (χ0) is 22.7. The molecule has 0 spiro atoms. The first-order chi connectivity index (χ1) is 15.4. The van der Waals surface area contributed by atoms with Gasteiger partial charge < -0.3 is 19.0 Å². The summed E-state index contributed by atoms with van der Waals surface area (Å²) in [7, 11) is 0. The van der Waals surface area contributed by atoms with E-state index in [1.807, 2.05) is 30.9 Å². The molecule has 8 heteroatoms. The highest BCUT2D eigenvalue weighted by atomic mass is 35.5. The molecule has 0 N–H and O–H groups in total. The van der Waals surface area contributed by atoms with Gasteiger partial charge in [0.15, 0.2) is 5.76 Å². The number of ether oxygens (including phenoxy) is 1. The predicted octanol–water partition coefficient (Wildman–Crippen LogP) is 5.05. The van der Waals surface area contributed by atoms with Crippen molar-refractivity contribution >= 4 is 34.8 Å². The summed E-state index contributed by atoms with van der Waals surface area (Å²) in [6.07, 6.45) is 2.25. The number of furan rings is 1. The highest BCUT2D eigenvalue weighted by molar-refractivity contribution is 7.10. The molecule has 0 saturated carbocycles. The van der Waals surface area contributed by atoms with Gasteiger partial charge in [0.05, 0.1) is 12.3 Å². The summed E-state index contributed by atoms with van der Waals surface area (Å²) < 4.78 is 11.3. The fourth-order valence-corrected chi connectivity index (χ4v) is 4.90. The maximum Gasteiger partial charge on any atom is 0.290 e. The number of nitrogens with zero attached hydrogens (tertiary/aromatic N) is 2. The molecule has 0 radical (unpaired) electrons. The normalized spacial score (nSPS) is 15.5. The Kier molecular flexibility index (Phi) is 6.86. The standard InChI is InChI=1S/C24H25ClN2O4S/c1-16(2)27(24(29)21-4-3-12-30-21)14-23(28)26-11-9-22-19(10-13-32-22)20(26)15-31-18-7-5-17(25)6-8-18/h3-8,10,12-13,16,20H,9,11,14-15H2,1-2H3/t20-/m1/s1. The number of fused-ring (bicyclic) bond motifs is 1. The Labute approximate surface area is 196 Å². The average Bonchev–Trinajstić information content (AvgIpc) is 3.48. The molecule has 4 rings (SSSR count). The van der Waals surface area contributed by atoms with E-state index >= 15 is 0 Å². The van der Waals surface area contributed by atoms with E-state index in [0.29, 0.717) is 23.9 Å². The van der Waals surface area contributed by atoms with E-state index in [9.17, 15) is 9.59 Å². The van der Waals surface area contributed by atoms with Gasteiger partial charge in [0.25, 0.3) is 5.91 Å². The molecule has 0 fully saturated rings. The Morgan fingerprint density at radius 3 is 2.72 bits per heavy atom. The van der Waals surface area contributed by atoms with Crippen LogP contribution in [0.3, 0.4) is 0 Å². The van der Waals surface area contributed by atoms with Gasteiger partial charge in [-0.1, -0.05) is 11.6 Å². The summed E-state index contributed by atoms with van der Waals surface area (Å²) in [6, 6.07) is 12.1. The van der Waals surface area contributed by atoms with E-state index in [1.165, 1.54) is 11.1 Å². The second-order valence-electron chi connectivity index (χ2n) is 7.92. The molecular weight excluding hydrogens is 448 g/mol. The minimum absolute atomic E-state index is 0.0197. The third kappa shape index (κ3) is 4.84. The number of carbonyl (C=O) groups is 2. The summed E-state index contributed by atoms with van der Waals surface area (Å²) in [6.45, 7) is 4.67. The van der Waals surface area contributed by atoms with Crippen LogP contribution in [0.25, 0.3) is 0 Å². The van der Waals surface area contributed by atoms with Crippen LogP contribution >= 0.6 is 22.9 Å². The van der Waals surface area contributed by atoms with Crippen LogP contribution in [0.1, 0.15) is 40.9 Å². The molecule has 3 aromatic rings. The monoisotopic (exact) mass is 472 g/mol. The van der Waals surface area contributed by atoms with E-state index in [0.717, 1.165) is 12.0 Å². The van der Waals surface area contributed by atoms with E-state index in [2.05, 4.69) is 11.4 Å². The summed E-state index contributed by atoms with van der Waals surface area (Å²) in [5, 5.41) is 2.69. The van der Waals surface area contributed by atoms with Crippen molar-refractivity contribution in [1.29, 1.82) is 0 Å². The van der Waals surface area contributed by atoms with Gasteiger partial charge in [-0.25, -0.2) is 0 Å². The Balaban J connectivity index is 1.52. The average molecular weight is 473 g/mol. The topological polar surface area (TPSA) is 63.0 Å². The zero-order valence-corrected chi connectivity index (χ0v) is 19.6. The van der Waals surface area contributed by atoms with E-state index in [4.69, 9.17) is 20.8 Å². The highest BCUT2D eigenvalue weighted by Gasteiger charge is 2.34. The van der Waals surface area contributed by atoms with Gasteiger partial charge >= 0.3 is 0 Å². The van der Waals surface area contributed by atoms with Gasteiger partial charge in [-0.05, 0) is 73.7 Å². The van der Waals surface area contributed by atoms with Gasteiger partial charge in [-0.2, -0.15) is 0 Å². The van der Waals surface area contributed by atoms with Crippen LogP contribution in [0.2, 0.25) is 5.02 Å². The number of hydrogen-bond acceptors (Lipinski definition) is 5. The Bertz CT molecular complexity index is 1060. The van der Waals surface area contributed by atoms with Crippen molar-refractivity contribution in [3.63, 3.8) is 0 Å². The first-order valence-electron chi connectivity index (χ1n) is 10.5. The molecule has 1 aliphatic rings. The van der Waals surface area contributed by atoms with Crippen molar-refractivity contribution in [2.45, 2.75) is 32.4 Å². The van der Waals surface area contributed by atoms with Gasteiger partial charge in [-0.15, -0.1) is 11.3 Å². The van der Waals surface area contributed by atoms with Gasteiger partial charge in [0, 0.05) is 22.5 Å². The minimum atomic E-state index is -0.291. The number of amides is 2. The number of hydrogen-bond donors (Lipinski definition) is 0. The van der Waals surface area contributed by atoms with Crippen LogP contribution in [0, 0.1) is 0 Å². The van der Waals surface area contributed by atoms with Crippen molar-refractivity contribution in [2.24, 2.45) is 0 Å². The van der Waals surface area contributed by atoms with Crippen LogP contribution in [0.5, 0.6) is 5.75 Å². The van der Waals surface area contributed by atoms with Crippen molar-refractivity contribution in [2.75, 3.05) is 19.7 Å². The fourth-order valence-electron chi connectivity index (χ4n) is 3.85. The number of thiophene rings is 1. The van der Waals surface area contributed by atoms with Crippen molar-refractivity contribution in [3.05, 3.63) is 75.3 Å². The summed E-state index contributed by atoms with van der Waals surface area (Å²) in [5.41, 5.74) is 1.11. The SMILES string of the molecule is CC(C)N(CC(=O)N1CCc2sccc2[C@H]1COc1ccc(Cl)cc1)C(=O)c1ccco1. The Hall–Kier alpha value is -2.77. The molecule has 32 heavy (non-hydrogen) atoms. The number of benzene rings is 1. The molecule has 0 bridgehead atoms. The fraction of sp³-hybridized carbons (Fsp3) is 0.333. The molecule has 2 aromatic heterocycles. The van der Waals surface area contributed by atoms with E-state index in [-0.39, 0.29) is 36.2 Å². The lowest BCUT2D eigenvalue weighted by molar-refractivity contribution is -0.136. The van der Waals surface area contributed by atoms with Gasteiger partial charge in [-0.3, -0.25) is 9.59 Å². The van der Waals surface area contributed by atoms with Crippen LogP contribution in [-0.4, -0.2) is 47.4 Å².